The molecule has 18 nitrogen and oxygen atoms in total. The Morgan fingerprint density at radius 3 is 1.23 bits per heavy atom. The number of nitrogens with zero attached hydrogens (tertiary/aromatic N) is 6. The minimum absolute atomic E-state index is 0. The van der Waals surface area contributed by atoms with Gasteiger partial charge < -0.3 is 19.3 Å². The number of azo groups is 2. The Balaban J connectivity index is 0.000000248. The average Bonchev–Trinajstić information content (AvgIpc) is 3.15. The molecule has 0 spiro atoms. The molecule has 57 heavy (non-hydrogen) atoms. The summed E-state index contributed by atoms with van der Waals surface area (Å²) >= 11 is 0. The number of fused-ring (bicyclic) bond motifs is 2. The number of aryl methyl sites for hydroxylation is 2. The minimum atomic E-state index is -4.73. The minimum Gasteiger partial charge on any atom is -0.744 e. The molecule has 0 aliphatic heterocycles. The van der Waals surface area contributed by atoms with Gasteiger partial charge in [-0.25, -0.2) is 16.8 Å². The van der Waals surface area contributed by atoms with E-state index < -0.39 is 39.9 Å². The zero-order valence-corrected chi connectivity index (χ0v) is 35.9. The first-order valence-electron chi connectivity index (χ1n) is 16.2. The first-order chi connectivity index (χ1) is 26.4. The van der Waals surface area contributed by atoms with E-state index in [-0.39, 0.29) is 116 Å². The molecule has 21 heteroatoms. The summed E-state index contributed by atoms with van der Waals surface area (Å²) in [6.45, 7) is 3.58. The Kier molecular flexibility index (Phi) is 14.4. The maximum absolute atomic E-state index is 11.4. The number of phenolic OH excluding ortho intramolecular Hbond substituents is 2. The fourth-order valence-electron chi connectivity index (χ4n) is 5.63. The Hall–Kier alpha value is -5.17. The predicted molar refractivity (Wildman–Crippen MR) is 206 cm³/mol. The van der Waals surface area contributed by atoms with Crippen LogP contribution in [-0.2, 0) is 33.1 Å². The largest absolute Gasteiger partial charge is 2.00 e. The molecular weight excluding hydrogens is 910 g/mol. The van der Waals surface area contributed by atoms with Crippen LogP contribution in [0.1, 0.15) is 25.0 Å². The SMILES string of the molecule is CCc1ccc(N=Nc2c(O)ccc3c(S(=O)(=O)[O-])cccc23)cc1[N+](=O)[O-].CCc1ccc(N=Nc2c(O)ccc3c(S(=O)(=O)[O-])cccc23)cc1[N+](=O)[O-].[Ba+2]. The first-order valence-corrected chi connectivity index (χ1v) is 19.1. The van der Waals surface area contributed by atoms with Crippen molar-refractivity contribution in [3.05, 3.63) is 128 Å². The maximum Gasteiger partial charge on any atom is 2.00 e. The van der Waals surface area contributed by atoms with Gasteiger partial charge in [0.15, 0.2) is 0 Å². The van der Waals surface area contributed by atoms with Crippen LogP contribution >= 0.6 is 0 Å². The van der Waals surface area contributed by atoms with Crippen LogP contribution in [0.5, 0.6) is 11.5 Å². The third kappa shape index (κ3) is 10.2. The summed E-state index contributed by atoms with van der Waals surface area (Å²) < 4.78 is 68.7. The van der Waals surface area contributed by atoms with E-state index in [1.54, 1.807) is 38.1 Å². The summed E-state index contributed by atoms with van der Waals surface area (Å²) in [5.41, 5.74) is 1.17. The zero-order valence-electron chi connectivity index (χ0n) is 29.8. The van der Waals surface area contributed by atoms with Crippen molar-refractivity contribution in [3.8, 4) is 11.5 Å². The van der Waals surface area contributed by atoms with Gasteiger partial charge in [0.1, 0.15) is 43.1 Å². The van der Waals surface area contributed by atoms with Gasteiger partial charge in [0.2, 0.25) is 0 Å². The van der Waals surface area contributed by atoms with Crippen LogP contribution in [0.25, 0.3) is 21.5 Å². The van der Waals surface area contributed by atoms with E-state index in [0.717, 1.165) is 12.1 Å². The summed E-state index contributed by atoms with van der Waals surface area (Å²) in [6, 6.07) is 21.8. The second-order valence-corrected chi connectivity index (χ2v) is 14.4. The van der Waals surface area contributed by atoms with Crippen LogP contribution in [-0.4, -0.2) is 94.9 Å². The topological polar surface area (TPSA) is 291 Å². The number of aromatic hydroxyl groups is 2. The van der Waals surface area contributed by atoms with Crippen LogP contribution in [0.4, 0.5) is 34.1 Å². The van der Waals surface area contributed by atoms with Crippen LogP contribution in [0.2, 0.25) is 0 Å². The summed E-state index contributed by atoms with van der Waals surface area (Å²) in [4.78, 5) is 20.4. The van der Waals surface area contributed by atoms with Gasteiger partial charge in [0, 0.05) is 44.8 Å². The van der Waals surface area contributed by atoms with E-state index in [4.69, 9.17) is 0 Å². The predicted octanol–water partition coefficient (Wildman–Crippen LogP) is 8.29. The third-order valence-corrected chi connectivity index (χ3v) is 10.1. The second kappa shape index (κ2) is 18.4. The number of hydrogen-bond donors (Lipinski definition) is 2. The number of benzene rings is 6. The molecule has 6 rings (SSSR count). The van der Waals surface area contributed by atoms with Crippen LogP contribution < -0.4 is 0 Å². The molecule has 0 amide bonds. The van der Waals surface area contributed by atoms with Crippen molar-refractivity contribution in [2.24, 2.45) is 20.5 Å². The molecule has 0 unspecified atom stereocenters. The Morgan fingerprint density at radius 1 is 0.544 bits per heavy atom. The molecule has 0 bridgehead atoms. The van der Waals surface area contributed by atoms with Gasteiger partial charge in [-0.2, -0.15) is 10.2 Å². The van der Waals surface area contributed by atoms with E-state index in [0.29, 0.717) is 24.0 Å². The molecule has 0 radical (unpaired) electrons. The van der Waals surface area contributed by atoms with Crippen molar-refractivity contribution in [1.82, 2.24) is 0 Å². The van der Waals surface area contributed by atoms with Crippen molar-refractivity contribution in [3.63, 3.8) is 0 Å². The molecule has 288 valence electrons. The van der Waals surface area contributed by atoms with Gasteiger partial charge in [0.25, 0.3) is 11.4 Å². The van der Waals surface area contributed by atoms with Gasteiger partial charge in [-0.3, -0.25) is 20.2 Å². The first kappa shape index (κ1) is 44.5. The van der Waals surface area contributed by atoms with E-state index in [1.807, 2.05) is 0 Å². The van der Waals surface area contributed by atoms with Gasteiger partial charge in [-0.05, 0) is 73.5 Å². The van der Waals surface area contributed by atoms with Gasteiger partial charge in [0.05, 0.1) is 31.0 Å². The molecule has 0 atom stereocenters. The molecule has 6 aromatic carbocycles. The molecule has 0 saturated carbocycles. The maximum atomic E-state index is 11.4. The monoisotopic (exact) mass is 938 g/mol. The standard InChI is InChI=1S/2C18H15N3O6S.Ba/c2*1-2-11-6-7-12(10-15(11)21(23)24)19-20-18-14-4-3-5-17(28(25,26)27)13(14)8-9-16(18)22;/h2*3-10,22H,2H2,1H3,(H,25,26,27);/q;;+2/p-2. The van der Waals surface area contributed by atoms with Gasteiger partial charge >= 0.3 is 48.9 Å². The second-order valence-electron chi connectivity index (χ2n) is 11.7. The summed E-state index contributed by atoms with van der Waals surface area (Å²) in [5.74, 6) is -0.562. The molecule has 0 aromatic heterocycles. The fourth-order valence-corrected chi connectivity index (χ4v) is 7.02. The Labute approximate surface area is 364 Å². The van der Waals surface area contributed by atoms with E-state index in [2.05, 4.69) is 20.5 Å². The third-order valence-electron chi connectivity index (χ3n) is 8.31. The van der Waals surface area contributed by atoms with E-state index in [1.165, 1.54) is 60.7 Å². The molecular formula is C36H28BaN6O12S2. The van der Waals surface area contributed by atoms with Crippen LogP contribution in [0, 0.1) is 20.2 Å². The molecule has 0 heterocycles. The van der Waals surface area contributed by atoms with E-state index >= 15 is 0 Å². The number of hydrogen-bond acceptors (Lipinski definition) is 16. The Bertz CT molecular complexity index is 2640. The number of nitro groups is 2. The zero-order chi connectivity index (χ0) is 40.9. The molecule has 6 aromatic rings. The molecule has 0 aliphatic carbocycles. The molecule has 0 saturated heterocycles. The fraction of sp³-hybridized carbons (Fsp3) is 0.111. The summed E-state index contributed by atoms with van der Waals surface area (Å²) in [5, 5.41) is 58.9. The van der Waals surface area contributed by atoms with Gasteiger partial charge in [-0.15, -0.1) is 10.2 Å². The van der Waals surface area contributed by atoms with Crippen molar-refractivity contribution in [2.45, 2.75) is 36.5 Å². The van der Waals surface area contributed by atoms with Gasteiger partial charge in [-0.1, -0.05) is 38.1 Å². The van der Waals surface area contributed by atoms with Crippen molar-refractivity contribution in [2.75, 3.05) is 0 Å². The smallest absolute Gasteiger partial charge is 0.744 e. The molecule has 2 N–H and O–H groups in total. The summed E-state index contributed by atoms with van der Waals surface area (Å²) in [7, 11) is -9.46. The number of nitro benzene ring substituents is 2. The van der Waals surface area contributed by atoms with Crippen molar-refractivity contribution < 1.29 is 46.0 Å². The van der Waals surface area contributed by atoms with Crippen molar-refractivity contribution in [1.29, 1.82) is 0 Å². The summed E-state index contributed by atoms with van der Waals surface area (Å²) in [6.07, 6.45) is 0.953. The number of rotatable bonds is 10. The van der Waals surface area contributed by atoms with E-state index in [9.17, 15) is 56.4 Å². The Morgan fingerprint density at radius 2 is 0.912 bits per heavy atom. The van der Waals surface area contributed by atoms with Crippen LogP contribution in [0.15, 0.2) is 127 Å². The average molecular weight is 938 g/mol. The molecule has 0 fully saturated rings. The quantitative estimate of drug-likeness (QED) is 0.0431. The van der Waals surface area contributed by atoms with Crippen LogP contribution in [0.3, 0.4) is 0 Å². The molecule has 0 aliphatic rings. The van der Waals surface area contributed by atoms with Crippen molar-refractivity contribution >= 4 is 125 Å². The normalized spacial score (nSPS) is 11.7. The number of phenols is 2.